The van der Waals surface area contributed by atoms with Crippen LogP contribution in [0.1, 0.15) is 29.6 Å². The fourth-order valence-electron chi connectivity index (χ4n) is 3.02. The van der Waals surface area contributed by atoms with Crippen LogP contribution in [0.3, 0.4) is 0 Å². The summed E-state index contributed by atoms with van der Waals surface area (Å²) in [5.74, 6) is -0.975. The molecule has 0 saturated carbocycles. The molecule has 1 aromatic carbocycles. The van der Waals surface area contributed by atoms with E-state index in [1.54, 1.807) is 32.0 Å². The molecule has 0 aliphatic carbocycles. The highest BCUT2D eigenvalue weighted by atomic mass is 32.2. The fourth-order valence-corrected chi connectivity index (χ4v) is 4.64. The quantitative estimate of drug-likeness (QED) is 0.737. The van der Waals surface area contributed by atoms with Crippen molar-refractivity contribution in [3.63, 3.8) is 0 Å². The maximum absolute atomic E-state index is 13.2. The summed E-state index contributed by atoms with van der Waals surface area (Å²) in [5.41, 5.74) is 2.26. The molecule has 2 heterocycles. The monoisotopic (exact) mass is 373 g/mol. The van der Waals surface area contributed by atoms with Gasteiger partial charge in [-0.05, 0) is 32.4 Å². The van der Waals surface area contributed by atoms with Gasteiger partial charge in [-0.3, -0.25) is 4.79 Å². The first kappa shape index (κ1) is 18.1. The van der Waals surface area contributed by atoms with Crippen molar-refractivity contribution in [2.75, 3.05) is 0 Å². The first-order chi connectivity index (χ1) is 12.3. The normalized spacial score (nSPS) is 11.8. The van der Waals surface area contributed by atoms with Crippen LogP contribution in [0.5, 0.6) is 0 Å². The first-order valence-corrected chi connectivity index (χ1v) is 9.65. The van der Waals surface area contributed by atoms with Crippen LogP contribution < -0.4 is 0 Å². The topological polar surface area (TPSA) is 102 Å². The lowest BCUT2D eigenvalue weighted by Crippen LogP contribution is -2.11. The zero-order chi connectivity index (χ0) is 19.1. The summed E-state index contributed by atoms with van der Waals surface area (Å²) in [4.78, 5) is 15.8. The SMILES string of the molecule is CCc1nn2c(C)c(CC(=O)O)c(C)nc2c1S(=O)(=O)c1ccccc1. The highest BCUT2D eigenvalue weighted by Crippen LogP contribution is 2.29. The largest absolute Gasteiger partial charge is 0.481 e. The Bertz CT molecular complexity index is 1100. The van der Waals surface area contributed by atoms with Crippen LogP contribution in [0, 0.1) is 13.8 Å². The maximum atomic E-state index is 13.2. The summed E-state index contributed by atoms with van der Waals surface area (Å²) in [5, 5.41) is 13.5. The van der Waals surface area contributed by atoms with Gasteiger partial charge < -0.3 is 5.11 Å². The average molecular weight is 373 g/mol. The lowest BCUT2D eigenvalue weighted by Gasteiger charge is -2.10. The van der Waals surface area contributed by atoms with E-state index in [0.717, 1.165) is 0 Å². The van der Waals surface area contributed by atoms with Crippen molar-refractivity contribution in [1.82, 2.24) is 14.6 Å². The Morgan fingerprint density at radius 2 is 1.85 bits per heavy atom. The lowest BCUT2D eigenvalue weighted by molar-refractivity contribution is -0.136. The van der Waals surface area contributed by atoms with E-state index in [1.807, 2.05) is 6.92 Å². The minimum atomic E-state index is -3.80. The molecule has 7 nitrogen and oxygen atoms in total. The molecule has 0 bridgehead atoms. The van der Waals surface area contributed by atoms with E-state index in [-0.39, 0.29) is 21.9 Å². The van der Waals surface area contributed by atoms with E-state index >= 15 is 0 Å². The number of aryl methyl sites for hydroxylation is 3. The molecule has 2 aromatic heterocycles. The highest BCUT2D eigenvalue weighted by Gasteiger charge is 2.29. The summed E-state index contributed by atoms with van der Waals surface area (Å²) in [6, 6.07) is 8.16. The maximum Gasteiger partial charge on any atom is 0.307 e. The minimum Gasteiger partial charge on any atom is -0.481 e. The van der Waals surface area contributed by atoms with E-state index < -0.39 is 15.8 Å². The van der Waals surface area contributed by atoms with Crippen molar-refractivity contribution in [1.29, 1.82) is 0 Å². The van der Waals surface area contributed by atoms with Crippen molar-refractivity contribution in [3.8, 4) is 0 Å². The Labute approximate surface area is 151 Å². The third-order valence-corrected chi connectivity index (χ3v) is 6.18. The zero-order valence-corrected chi connectivity index (χ0v) is 15.5. The highest BCUT2D eigenvalue weighted by molar-refractivity contribution is 7.91. The van der Waals surface area contributed by atoms with Crippen molar-refractivity contribution in [2.45, 2.75) is 43.4 Å². The predicted molar refractivity (Wildman–Crippen MR) is 95.1 cm³/mol. The second-order valence-corrected chi connectivity index (χ2v) is 7.90. The molecule has 3 aromatic rings. The van der Waals surface area contributed by atoms with E-state index in [0.29, 0.717) is 29.1 Å². The van der Waals surface area contributed by atoms with Gasteiger partial charge in [0.25, 0.3) is 0 Å². The number of nitrogens with zero attached hydrogens (tertiary/aromatic N) is 3. The number of carboxylic acid groups (broad SMARTS) is 1. The summed E-state index contributed by atoms with van der Waals surface area (Å²) in [6.45, 7) is 5.24. The van der Waals surface area contributed by atoms with Gasteiger partial charge in [-0.25, -0.2) is 17.9 Å². The van der Waals surface area contributed by atoms with Gasteiger partial charge in [-0.1, -0.05) is 25.1 Å². The van der Waals surface area contributed by atoms with E-state index in [2.05, 4.69) is 10.1 Å². The molecular formula is C18H19N3O4S. The van der Waals surface area contributed by atoms with E-state index in [1.165, 1.54) is 16.6 Å². The summed E-state index contributed by atoms with van der Waals surface area (Å²) < 4.78 is 27.8. The molecule has 0 amide bonds. The minimum absolute atomic E-state index is 0.0827. The van der Waals surface area contributed by atoms with Gasteiger partial charge >= 0.3 is 5.97 Å². The number of aliphatic carboxylic acids is 1. The van der Waals surface area contributed by atoms with Gasteiger partial charge in [0.15, 0.2) is 5.65 Å². The van der Waals surface area contributed by atoms with Crippen LogP contribution in [-0.4, -0.2) is 34.1 Å². The zero-order valence-electron chi connectivity index (χ0n) is 14.7. The average Bonchev–Trinajstić information content (AvgIpc) is 2.98. The van der Waals surface area contributed by atoms with Crippen LogP contribution in [0.2, 0.25) is 0 Å². The molecule has 136 valence electrons. The van der Waals surface area contributed by atoms with Crippen LogP contribution >= 0.6 is 0 Å². The molecule has 3 rings (SSSR count). The second-order valence-electron chi connectivity index (χ2n) is 6.01. The third kappa shape index (κ3) is 2.86. The molecule has 26 heavy (non-hydrogen) atoms. The van der Waals surface area contributed by atoms with Crippen molar-refractivity contribution in [2.24, 2.45) is 0 Å². The Hall–Kier alpha value is -2.74. The van der Waals surface area contributed by atoms with Gasteiger partial charge in [-0.2, -0.15) is 5.10 Å². The Morgan fingerprint density at radius 1 is 1.19 bits per heavy atom. The number of sulfone groups is 1. The summed E-state index contributed by atoms with van der Waals surface area (Å²) in [6.07, 6.45) is 0.222. The number of fused-ring (bicyclic) bond motifs is 1. The van der Waals surface area contributed by atoms with Crippen LogP contribution in [0.15, 0.2) is 40.1 Å². The third-order valence-electron chi connectivity index (χ3n) is 4.34. The van der Waals surface area contributed by atoms with E-state index in [4.69, 9.17) is 5.11 Å². The smallest absolute Gasteiger partial charge is 0.307 e. The Balaban J connectivity index is 2.35. The molecule has 0 unspecified atom stereocenters. The molecule has 0 fully saturated rings. The lowest BCUT2D eigenvalue weighted by atomic mass is 10.1. The number of hydrogen-bond acceptors (Lipinski definition) is 5. The molecule has 0 radical (unpaired) electrons. The fraction of sp³-hybridized carbons (Fsp3) is 0.278. The van der Waals surface area contributed by atoms with Crippen LogP contribution in [0.4, 0.5) is 0 Å². The first-order valence-electron chi connectivity index (χ1n) is 8.17. The second kappa shape index (κ2) is 6.53. The Kier molecular flexibility index (Phi) is 4.53. The van der Waals surface area contributed by atoms with Gasteiger partial charge in [0, 0.05) is 17.0 Å². The predicted octanol–water partition coefficient (Wildman–Crippen LogP) is 2.37. The van der Waals surface area contributed by atoms with Gasteiger partial charge in [0.1, 0.15) is 4.90 Å². The molecule has 0 aliphatic heterocycles. The summed E-state index contributed by atoms with van der Waals surface area (Å²) >= 11 is 0. The van der Waals surface area contributed by atoms with Crippen molar-refractivity contribution < 1.29 is 18.3 Å². The number of aromatic nitrogens is 3. The molecule has 1 N–H and O–H groups in total. The van der Waals surface area contributed by atoms with Gasteiger partial charge in [0.05, 0.1) is 17.0 Å². The van der Waals surface area contributed by atoms with Gasteiger partial charge in [0.2, 0.25) is 9.84 Å². The van der Waals surface area contributed by atoms with Gasteiger partial charge in [-0.15, -0.1) is 0 Å². The number of hydrogen-bond donors (Lipinski definition) is 1. The standard InChI is InChI=1S/C18H19N3O4S/c1-4-15-17(26(24,25)13-8-6-5-7-9-13)18-19-11(2)14(10-16(22)23)12(3)21(18)20-15/h5-9H,4,10H2,1-3H3,(H,22,23). The number of carboxylic acids is 1. The summed E-state index contributed by atoms with van der Waals surface area (Å²) in [7, 11) is -3.80. The number of rotatable bonds is 5. The van der Waals surface area contributed by atoms with Crippen molar-refractivity contribution >= 4 is 21.5 Å². The van der Waals surface area contributed by atoms with Crippen LogP contribution in [0.25, 0.3) is 5.65 Å². The molecule has 0 atom stereocenters. The molecular weight excluding hydrogens is 354 g/mol. The molecule has 0 spiro atoms. The molecule has 0 saturated heterocycles. The Morgan fingerprint density at radius 3 is 2.42 bits per heavy atom. The number of benzene rings is 1. The molecule has 0 aliphatic rings. The molecule has 8 heteroatoms. The van der Waals surface area contributed by atoms with E-state index in [9.17, 15) is 13.2 Å². The van der Waals surface area contributed by atoms with Crippen LogP contribution in [-0.2, 0) is 27.5 Å². The number of carbonyl (C=O) groups is 1. The van der Waals surface area contributed by atoms with Crippen molar-refractivity contribution in [3.05, 3.63) is 53.0 Å².